The van der Waals surface area contributed by atoms with E-state index in [1.54, 1.807) is 18.2 Å². The first-order valence-corrected chi connectivity index (χ1v) is 11.0. The van der Waals surface area contributed by atoms with Crippen LogP contribution in [-0.2, 0) is 11.2 Å². The molecule has 3 heterocycles. The molecule has 0 saturated heterocycles. The average Bonchev–Trinajstić information content (AvgIpc) is 3.12. The summed E-state index contributed by atoms with van der Waals surface area (Å²) in [6.07, 6.45) is 3.30. The van der Waals surface area contributed by atoms with E-state index in [1.165, 1.54) is 10.9 Å². The molecule has 4 aromatic rings. The molecule has 1 aliphatic rings. The maximum absolute atomic E-state index is 13.2. The third kappa shape index (κ3) is 3.77. The van der Waals surface area contributed by atoms with Gasteiger partial charge >= 0.3 is 0 Å². The number of nitriles is 1. The third-order valence-corrected chi connectivity index (χ3v) is 6.06. The first-order valence-electron chi connectivity index (χ1n) is 11.0. The zero-order chi connectivity index (χ0) is 23.8. The van der Waals surface area contributed by atoms with Gasteiger partial charge in [-0.25, -0.2) is 4.98 Å². The minimum Gasteiger partial charge on any atom is -0.326 e. The van der Waals surface area contributed by atoms with Crippen molar-refractivity contribution in [2.75, 3.05) is 10.6 Å². The molecule has 0 aliphatic carbocycles. The highest BCUT2D eigenvalue weighted by Gasteiger charge is 2.20. The zero-order valence-corrected chi connectivity index (χ0v) is 18.8. The van der Waals surface area contributed by atoms with E-state index in [-0.39, 0.29) is 23.2 Å². The average molecular weight is 451 g/mol. The molecule has 2 aromatic carbocycles. The molecule has 168 valence electrons. The van der Waals surface area contributed by atoms with E-state index >= 15 is 0 Å². The van der Waals surface area contributed by atoms with Crippen molar-refractivity contribution in [3.63, 3.8) is 0 Å². The predicted molar refractivity (Wildman–Crippen MR) is 129 cm³/mol. The molecule has 8 heteroatoms. The Hall–Kier alpha value is -4.51. The van der Waals surface area contributed by atoms with Crippen molar-refractivity contribution in [3.8, 4) is 11.9 Å². The van der Waals surface area contributed by atoms with E-state index in [4.69, 9.17) is 4.98 Å². The SMILES string of the molecule is Cc1cc(-n2ncc(C#N)c2NC(=O)c2ccc3c(c2)CCCC(=O)N3)nc2c(C)cccc12. The van der Waals surface area contributed by atoms with Crippen molar-refractivity contribution in [1.29, 1.82) is 5.26 Å². The van der Waals surface area contributed by atoms with Crippen LogP contribution in [0.25, 0.3) is 16.7 Å². The lowest BCUT2D eigenvalue weighted by molar-refractivity contribution is -0.116. The first kappa shape index (κ1) is 21.3. The summed E-state index contributed by atoms with van der Waals surface area (Å²) in [6, 6.07) is 15.2. The van der Waals surface area contributed by atoms with E-state index in [9.17, 15) is 14.9 Å². The third-order valence-electron chi connectivity index (χ3n) is 6.06. The summed E-state index contributed by atoms with van der Waals surface area (Å²) in [7, 11) is 0. The molecule has 0 saturated carbocycles. The van der Waals surface area contributed by atoms with Crippen LogP contribution in [0.3, 0.4) is 0 Å². The van der Waals surface area contributed by atoms with Gasteiger partial charge < -0.3 is 10.6 Å². The molecule has 2 amide bonds. The normalized spacial score (nSPS) is 13.0. The molecule has 0 unspecified atom stereocenters. The topological polar surface area (TPSA) is 113 Å². The minimum absolute atomic E-state index is 0.0214. The molecule has 8 nitrogen and oxygen atoms in total. The van der Waals surface area contributed by atoms with Crippen LogP contribution in [-0.4, -0.2) is 26.6 Å². The monoisotopic (exact) mass is 450 g/mol. The largest absolute Gasteiger partial charge is 0.326 e. The van der Waals surface area contributed by atoms with Gasteiger partial charge in [0.05, 0.1) is 11.7 Å². The smallest absolute Gasteiger partial charge is 0.256 e. The van der Waals surface area contributed by atoms with E-state index in [1.807, 2.05) is 38.1 Å². The molecule has 0 spiro atoms. The van der Waals surface area contributed by atoms with Crippen LogP contribution in [0.15, 0.2) is 48.7 Å². The van der Waals surface area contributed by atoms with Gasteiger partial charge in [0.2, 0.25) is 5.91 Å². The Morgan fingerprint density at radius 3 is 2.82 bits per heavy atom. The van der Waals surface area contributed by atoms with Gasteiger partial charge in [-0.2, -0.15) is 15.0 Å². The second-order valence-electron chi connectivity index (χ2n) is 8.43. The lowest BCUT2D eigenvalue weighted by Crippen LogP contribution is -2.17. The molecule has 2 N–H and O–H groups in total. The molecule has 0 bridgehead atoms. The van der Waals surface area contributed by atoms with Crippen LogP contribution in [0.2, 0.25) is 0 Å². The van der Waals surface area contributed by atoms with Gasteiger partial charge in [0, 0.05) is 23.1 Å². The molecule has 0 fully saturated rings. The van der Waals surface area contributed by atoms with E-state index in [2.05, 4.69) is 21.8 Å². The second kappa shape index (κ2) is 8.45. The fourth-order valence-electron chi connectivity index (χ4n) is 4.27. The van der Waals surface area contributed by atoms with Crippen LogP contribution in [0, 0.1) is 25.2 Å². The van der Waals surface area contributed by atoms with Crippen molar-refractivity contribution in [2.45, 2.75) is 33.1 Å². The fourth-order valence-corrected chi connectivity index (χ4v) is 4.27. The maximum atomic E-state index is 13.2. The number of aryl methyl sites for hydroxylation is 3. The summed E-state index contributed by atoms with van der Waals surface area (Å²) < 4.78 is 1.49. The zero-order valence-electron chi connectivity index (χ0n) is 18.8. The number of rotatable bonds is 3. The second-order valence-corrected chi connectivity index (χ2v) is 8.43. The van der Waals surface area contributed by atoms with Crippen molar-refractivity contribution < 1.29 is 9.59 Å². The lowest BCUT2D eigenvalue weighted by atomic mass is 10.0. The molecular weight excluding hydrogens is 428 g/mol. The Bertz CT molecular complexity index is 1510. The highest BCUT2D eigenvalue weighted by atomic mass is 16.2. The van der Waals surface area contributed by atoms with Gasteiger partial charge in [-0.3, -0.25) is 9.59 Å². The number of carbonyl (C=O) groups is 2. The van der Waals surface area contributed by atoms with Gasteiger partial charge in [0.1, 0.15) is 11.6 Å². The van der Waals surface area contributed by atoms with Gasteiger partial charge in [0.15, 0.2) is 11.6 Å². The number of aromatic nitrogens is 3. The highest BCUT2D eigenvalue weighted by Crippen LogP contribution is 2.27. The van der Waals surface area contributed by atoms with Crippen LogP contribution in [0.4, 0.5) is 11.5 Å². The lowest BCUT2D eigenvalue weighted by Gasteiger charge is -2.13. The van der Waals surface area contributed by atoms with Crippen molar-refractivity contribution >= 4 is 34.2 Å². The number of para-hydroxylation sites is 1. The van der Waals surface area contributed by atoms with Gasteiger partial charge in [0.25, 0.3) is 5.91 Å². The Balaban J connectivity index is 1.52. The molecule has 0 atom stereocenters. The number of fused-ring (bicyclic) bond motifs is 2. The standard InChI is InChI=1S/C26H22N6O2/c1-15-5-3-7-20-16(2)11-22(30-24(15)20)32-25(19(13-27)14-28-32)31-26(34)18-9-10-21-17(12-18)6-4-8-23(33)29-21/h3,5,7,9-12,14H,4,6,8H2,1-2H3,(H,29,33)(H,31,34). The number of hydrogen-bond donors (Lipinski definition) is 2. The summed E-state index contributed by atoms with van der Waals surface area (Å²) in [4.78, 5) is 29.7. The van der Waals surface area contributed by atoms with Gasteiger partial charge in [-0.15, -0.1) is 0 Å². The quantitative estimate of drug-likeness (QED) is 0.479. The first-order chi connectivity index (χ1) is 16.4. The Morgan fingerprint density at radius 2 is 2.00 bits per heavy atom. The highest BCUT2D eigenvalue weighted by molar-refractivity contribution is 6.05. The molecule has 0 radical (unpaired) electrons. The fraction of sp³-hybridized carbons (Fsp3) is 0.192. The van der Waals surface area contributed by atoms with E-state index < -0.39 is 0 Å². The number of nitrogens with one attached hydrogen (secondary N) is 2. The summed E-state index contributed by atoms with van der Waals surface area (Å²) in [5.41, 5.74) is 5.20. The van der Waals surface area contributed by atoms with E-state index in [0.717, 1.165) is 39.7 Å². The van der Waals surface area contributed by atoms with Crippen molar-refractivity contribution in [1.82, 2.24) is 14.8 Å². The van der Waals surface area contributed by atoms with Crippen molar-refractivity contribution in [2.24, 2.45) is 0 Å². The molecule has 5 rings (SSSR count). The summed E-state index contributed by atoms with van der Waals surface area (Å²) >= 11 is 0. The van der Waals surface area contributed by atoms with Gasteiger partial charge in [-0.05, 0) is 67.6 Å². The summed E-state index contributed by atoms with van der Waals surface area (Å²) in [6.45, 7) is 3.99. The number of benzene rings is 2. The number of pyridine rings is 1. The van der Waals surface area contributed by atoms with E-state index in [0.29, 0.717) is 24.2 Å². The summed E-state index contributed by atoms with van der Waals surface area (Å²) in [5.74, 6) is 0.383. The Kier molecular flexibility index (Phi) is 5.30. The molecule has 34 heavy (non-hydrogen) atoms. The number of nitrogens with zero attached hydrogens (tertiary/aromatic N) is 4. The predicted octanol–water partition coefficient (Wildman–Crippen LogP) is 4.44. The molecular formula is C26H22N6O2. The summed E-state index contributed by atoms with van der Waals surface area (Å²) in [5, 5.41) is 20.7. The molecule has 1 aliphatic heterocycles. The van der Waals surface area contributed by atoms with Crippen LogP contribution in [0.1, 0.15) is 45.5 Å². The number of anilines is 2. The minimum atomic E-state index is -0.370. The Morgan fingerprint density at radius 1 is 1.15 bits per heavy atom. The van der Waals surface area contributed by atoms with Crippen LogP contribution < -0.4 is 10.6 Å². The molecule has 2 aromatic heterocycles. The van der Waals surface area contributed by atoms with Gasteiger partial charge in [-0.1, -0.05) is 18.2 Å². The van der Waals surface area contributed by atoms with Crippen LogP contribution in [0.5, 0.6) is 0 Å². The Labute approximate surface area is 196 Å². The number of amides is 2. The number of carbonyl (C=O) groups excluding carboxylic acids is 2. The van der Waals surface area contributed by atoms with Crippen molar-refractivity contribution in [3.05, 3.63) is 76.5 Å². The van der Waals surface area contributed by atoms with Crippen LogP contribution >= 0.6 is 0 Å². The number of hydrogen-bond acceptors (Lipinski definition) is 5. The maximum Gasteiger partial charge on any atom is 0.256 e.